The first kappa shape index (κ1) is 11.4. The van der Waals surface area contributed by atoms with Gasteiger partial charge in [-0.05, 0) is 18.2 Å². The number of anilines is 1. The average Bonchev–Trinajstić information content (AvgIpc) is 2.28. The molecule has 2 rings (SSSR count). The van der Waals surface area contributed by atoms with Gasteiger partial charge in [0.15, 0.2) is 0 Å². The number of halogens is 1. The monoisotopic (exact) mass is 284 g/mol. The van der Waals surface area contributed by atoms with E-state index in [0.29, 0.717) is 13.1 Å². The van der Waals surface area contributed by atoms with Gasteiger partial charge in [0.25, 0.3) is 0 Å². The smallest absolute Gasteiger partial charge is 0.245 e. The fourth-order valence-electron chi connectivity index (χ4n) is 1.86. The van der Waals surface area contributed by atoms with Gasteiger partial charge < -0.3 is 15.3 Å². The molecule has 5 heteroatoms. The second-order valence-electron chi connectivity index (χ2n) is 3.66. The number of piperazine rings is 1. The molecule has 16 heavy (non-hydrogen) atoms. The van der Waals surface area contributed by atoms with Gasteiger partial charge in [0.1, 0.15) is 6.04 Å². The van der Waals surface area contributed by atoms with Crippen LogP contribution in [0.2, 0.25) is 0 Å². The Labute approximate surface area is 102 Å². The zero-order valence-corrected chi connectivity index (χ0v) is 10.3. The number of carbonyl (C=O) groups is 1. The van der Waals surface area contributed by atoms with E-state index in [9.17, 15) is 9.90 Å². The molecule has 0 spiro atoms. The topological polar surface area (TPSA) is 52.6 Å². The molecule has 4 nitrogen and oxygen atoms in total. The minimum absolute atomic E-state index is 0.117. The predicted molar refractivity (Wildman–Crippen MR) is 65.4 cm³/mol. The summed E-state index contributed by atoms with van der Waals surface area (Å²) in [5.41, 5.74) is 0.947. The first-order valence-corrected chi connectivity index (χ1v) is 5.92. The number of amides is 1. The molecule has 1 aromatic carbocycles. The molecule has 1 aliphatic heterocycles. The second-order valence-corrected chi connectivity index (χ2v) is 4.58. The minimum Gasteiger partial charge on any atom is -0.394 e. The van der Waals surface area contributed by atoms with E-state index in [-0.39, 0.29) is 12.5 Å². The molecule has 86 valence electrons. The Morgan fingerprint density at radius 1 is 1.56 bits per heavy atom. The van der Waals surface area contributed by atoms with Crippen molar-refractivity contribution in [1.29, 1.82) is 0 Å². The van der Waals surface area contributed by atoms with Gasteiger partial charge in [-0.3, -0.25) is 4.79 Å². The molecule has 2 N–H and O–H groups in total. The van der Waals surface area contributed by atoms with Gasteiger partial charge in [0.2, 0.25) is 5.91 Å². The molecule has 1 amide bonds. The maximum atomic E-state index is 11.6. The second kappa shape index (κ2) is 4.84. The van der Waals surface area contributed by atoms with E-state index in [1.165, 1.54) is 0 Å². The van der Waals surface area contributed by atoms with Crippen LogP contribution < -0.4 is 10.2 Å². The van der Waals surface area contributed by atoms with Gasteiger partial charge >= 0.3 is 0 Å². The summed E-state index contributed by atoms with van der Waals surface area (Å²) < 4.78 is 0.965. The molecule has 1 atom stereocenters. The standard InChI is InChI=1S/C11H13BrN2O2/c12-8-2-1-3-9(6-8)14-5-4-13-11(16)10(14)7-15/h1-3,6,10,15H,4-5,7H2,(H,13,16). The SMILES string of the molecule is O=C1NCCN(c2cccc(Br)c2)C1CO. The molecule has 1 unspecified atom stereocenters. The van der Waals surface area contributed by atoms with Crippen LogP contribution in [0.3, 0.4) is 0 Å². The lowest BCUT2D eigenvalue weighted by molar-refractivity contribution is -0.124. The number of nitrogens with zero attached hydrogens (tertiary/aromatic N) is 1. The highest BCUT2D eigenvalue weighted by Crippen LogP contribution is 2.22. The average molecular weight is 285 g/mol. The van der Waals surface area contributed by atoms with Crippen LogP contribution in [-0.4, -0.2) is 36.8 Å². The third-order valence-corrected chi connectivity index (χ3v) is 3.14. The number of hydrogen-bond acceptors (Lipinski definition) is 3. The van der Waals surface area contributed by atoms with Crippen LogP contribution in [0.4, 0.5) is 5.69 Å². The molecule has 0 bridgehead atoms. The molecule has 0 radical (unpaired) electrons. The fourth-order valence-corrected chi connectivity index (χ4v) is 2.25. The molecule has 1 heterocycles. The van der Waals surface area contributed by atoms with Crippen LogP contribution in [0.25, 0.3) is 0 Å². The summed E-state index contributed by atoms with van der Waals surface area (Å²) in [5.74, 6) is -0.117. The summed E-state index contributed by atoms with van der Waals surface area (Å²) in [7, 11) is 0. The van der Waals surface area contributed by atoms with E-state index in [1.807, 2.05) is 29.2 Å². The molecule has 0 aliphatic carbocycles. The molecule has 1 saturated heterocycles. The highest BCUT2D eigenvalue weighted by atomic mass is 79.9. The van der Waals surface area contributed by atoms with Crippen molar-refractivity contribution in [3.63, 3.8) is 0 Å². The van der Waals surface area contributed by atoms with Crippen LogP contribution >= 0.6 is 15.9 Å². The summed E-state index contributed by atoms with van der Waals surface area (Å²) in [4.78, 5) is 13.5. The lowest BCUT2D eigenvalue weighted by Crippen LogP contribution is -2.57. The van der Waals surface area contributed by atoms with Gasteiger partial charge in [-0.25, -0.2) is 0 Å². The minimum atomic E-state index is -0.483. The van der Waals surface area contributed by atoms with Crippen LogP contribution in [-0.2, 0) is 4.79 Å². The maximum absolute atomic E-state index is 11.6. The predicted octanol–water partition coefficient (Wildman–Crippen LogP) is 0.746. The largest absolute Gasteiger partial charge is 0.394 e. The number of carbonyl (C=O) groups excluding carboxylic acids is 1. The zero-order valence-electron chi connectivity index (χ0n) is 8.69. The number of aliphatic hydroxyl groups excluding tert-OH is 1. The molecular formula is C11H13BrN2O2. The maximum Gasteiger partial charge on any atom is 0.245 e. The van der Waals surface area contributed by atoms with Crippen molar-refractivity contribution in [2.45, 2.75) is 6.04 Å². The molecule has 0 saturated carbocycles. The van der Waals surface area contributed by atoms with Crippen molar-refractivity contribution in [2.24, 2.45) is 0 Å². The van der Waals surface area contributed by atoms with Gasteiger partial charge in [-0.15, -0.1) is 0 Å². The Balaban J connectivity index is 2.27. The highest BCUT2D eigenvalue weighted by Gasteiger charge is 2.28. The third kappa shape index (κ3) is 2.20. The van der Waals surface area contributed by atoms with Crippen molar-refractivity contribution in [1.82, 2.24) is 5.32 Å². The Kier molecular flexibility index (Phi) is 3.46. The van der Waals surface area contributed by atoms with E-state index in [2.05, 4.69) is 21.2 Å². The molecule has 1 aliphatic rings. The van der Waals surface area contributed by atoms with Crippen LogP contribution in [0, 0.1) is 0 Å². The van der Waals surface area contributed by atoms with Gasteiger partial charge in [0.05, 0.1) is 6.61 Å². The van der Waals surface area contributed by atoms with E-state index in [4.69, 9.17) is 0 Å². The third-order valence-electron chi connectivity index (χ3n) is 2.64. The van der Waals surface area contributed by atoms with Crippen molar-refractivity contribution < 1.29 is 9.90 Å². The Morgan fingerprint density at radius 3 is 3.06 bits per heavy atom. The Bertz CT molecular complexity index is 397. The number of rotatable bonds is 2. The van der Waals surface area contributed by atoms with Crippen molar-refractivity contribution in [3.05, 3.63) is 28.7 Å². The molecule has 1 aromatic rings. The zero-order chi connectivity index (χ0) is 11.5. The van der Waals surface area contributed by atoms with E-state index < -0.39 is 6.04 Å². The van der Waals surface area contributed by atoms with Gasteiger partial charge in [-0.1, -0.05) is 22.0 Å². The summed E-state index contributed by atoms with van der Waals surface area (Å²) in [6.07, 6.45) is 0. The summed E-state index contributed by atoms with van der Waals surface area (Å²) in [5, 5.41) is 12.0. The summed E-state index contributed by atoms with van der Waals surface area (Å²) in [6.45, 7) is 1.16. The van der Waals surface area contributed by atoms with Gasteiger partial charge in [-0.2, -0.15) is 0 Å². The van der Waals surface area contributed by atoms with Crippen LogP contribution in [0.1, 0.15) is 0 Å². The van der Waals surface area contributed by atoms with Crippen LogP contribution in [0.15, 0.2) is 28.7 Å². The normalized spacial score (nSPS) is 20.8. The molecule has 0 aromatic heterocycles. The van der Waals surface area contributed by atoms with E-state index in [0.717, 1.165) is 10.2 Å². The van der Waals surface area contributed by atoms with Crippen LogP contribution in [0.5, 0.6) is 0 Å². The summed E-state index contributed by atoms with van der Waals surface area (Å²) >= 11 is 3.40. The number of nitrogens with one attached hydrogen (secondary N) is 1. The highest BCUT2D eigenvalue weighted by molar-refractivity contribution is 9.10. The number of benzene rings is 1. The Morgan fingerprint density at radius 2 is 2.38 bits per heavy atom. The van der Waals surface area contributed by atoms with Crippen molar-refractivity contribution >= 4 is 27.5 Å². The number of hydrogen-bond donors (Lipinski definition) is 2. The fraction of sp³-hybridized carbons (Fsp3) is 0.364. The summed E-state index contributed by atoms with van der Waals surface area (Å²) in [6, 6.07) is 7.25. The van der Waals surface area contributed by atoms with Crippen molar-refractivity contribution in [3.8, 4) is 0 Å². The van der Waals surface area contributed by atoms with Crippen molar-refractivity contribution in [2.75, 3.05) is 24.6 Å². The van der Waals surface area contributed by atoms with E-state index in [1.54, 1.807) is 0 Å². The molecule has 1 fully saturated rings. The first-order valence-electron chi connectivity index (χ1n) is 5.13. The lowest BCUT2D eigenvalue weighted by Gasteiger charge is -2.35. The number of aliphatic hydroxyl groups is 1. The first-order chi connectivity index (χ1) is 7.72. The molecular weight excluding hydrogens is 272 g/mol. The quantitative estimate of drug-likeness (QED) is 0.843. The van der Waals surface area contributed by atoms with Gasteiger partial charge in [0, 0.05) is 23.2 Å². The lowest BCUT2D eigenvalue weighted by atomic mass is 10.1. The Hall–Kier alpha value is -1.07. The van der Waals surface area contributed by atoms with E-state index >= 15 is 0 Å².